The van der Waals surface area contributed by atoms with Gasteiger partial charge in [-0.3, -0.25) is 4.79 Å². The summed E-state index contributed by atoms with van der Waals surface area (Å²) in [6, 6.07) is 10.0. The standard InChI is InChI=1S/C19H20F2N2O5S/c1-27-16-9-6-12(10-17(16)29(25,26)23-14-7-8-14)18(24)22-11-13-4-2-3-5-15(13)28-19(20)21/h2-6,9-10,14,19,23H,7-8,11H2,1H3,(H,22,24). The molecule has 1 aliphatic carbocycles. The summed E-state index contributed by atoms with van der Waals surface area (Å²) in [7, 11) is -2.50. The van der Waals surface area contributed by atoms with E-state index in [4.69, 9.17) is 4.74 Å². The van der Waals surface area contributed by atoms with Crippen LogP contribution in [0.3, 0.4) is 0 Å². The minimum Gasteiger partial charge on any atom is -0.495 e. The number of halogens is 2. The molecule has 156 valence electrons. The molecule has 29 heavy (non-hydrogen) atoms. The second kappa shape index (κ2) is 8.75. The number of para-hydroxylation sites is 1. The van der Waals surface area contributed by atoms with E-state index in [0.29, 0.717) is 5.56 Å². The van der Waals surface area contributed by atoms with Crippen molar-refractivity contribution in [1.29, 1.82) is 0 Å². The third-order valence-corrected chi connectivity index (χ3v) is 5.78. The quantitative estimate of drug-likeness (QED) is 0.643. The van der Waals surface area contributed by atoms with Gasteiger partial charge in [0.2, 0.25) is 10.0 Å². The van der Waals surface area contributed by atoms with Crippen LogP contribution in [0, 0.1) is 0 Å². The summed E-state index contributed by atoms with van der Waals surface area (Å²) in [5, 5.41) is 2.58. The Balaban J connectivity index is 1.77. The first-order valence-corrected chi connectivity index (χ1v) is 10.3. The minimum absolute atomic E-state index is 0.0468. The molecule has 2 aromatic rings. The first-order valence-electron chi connectivity index (χ1n) is 8.81. The number of hydrogen-bond donors (Lipinski definition) is 2. The van der Waals surface area contributed by atoms with Gasteiger partial charge in [-0.15, -0.1) is 0 Å². The van der Waals surface area contributed by atoms with Crippen LogP contribution in [-0.2, 0) is 16.6 Å². The Morgan fingerprint density at radius 1 is 1.17 bits per heavy atom. The maximum atomic E-state index is 12.6. The number of carbonyl (C=O) groups is 1. The highest BCUT2D eigenvalue weighted by atomic mass is 32.2. The SMILES string of the molecule is COc1ccc(C(=O)NCc2ccccc2OC(F)F)cc1S(=O)(=O)NC1CC1. The number of benzene rings is 2. The van der Waals surface area contributed by atoms with E-state index >= 15 is 0 Å². The highest BCUT2D eigenvalue weighted by Gasteiger charge is 2.30. The zero-order valence-electron chi connectivity index (χ0n) is 15.5. The van der Waals surface area contributed by atoms with Crippen LogP contribution in [0.25, 0.3) is 0 Å². The molecule has 0 heterocycles. The van der Waals surface area contributed by atoms with Gasteiger partial charge < -0.3 is 14.8 Å². The Morgan fingerprint density at radius 3 is 2.55 bits per heavy atom. The number of methoxy groups -OCH3 is 1. The van der Waals surface area contributed by atoms with Gasteiger partial charge in [0.1, 0.15) is 16.4 Å². The highest BCUT2D eigenvalue weighted by Crippen LogP contribution is 2.28. The van der Waals surface area contributed by atoms with Crippen molar-refractivity contribution < 1.29 is 31.5 Å². The highest BCUT2D eigenvalue weighted by molar-refractivity contribution is 7.89. The van der Waals surface area contributed by atoms with E-state index in [-0.39, 0.29) is 34.5 Å². The van der Waals surface area contributed by atoms with E-state index in [1.807, 2.05) is 0 Å². The molecule has 2 N–H and O–H groups in total. The summed E-state index contributed by atoms with van der Waals surface area (Å²) in [6.07, 6.45) is 1.53. The van der Waals surface area contributed by atoms with Crippen molar-refractivity contribution in [3.63, 3.8) is 0 Å². The minimum atomic E-state index is -3.84. The van der Waals surface area contributed by atoms with Gasteiger partial charge >= 0.3 is 6.61 Å². The van der Waals surface area contributed by atoms with E-state index in [1.165, 1.54) is 37.4 Å². The molecule has 10 heteroatoms. The van der Waals surface area contributed by atoms with E-state index in [0.717, 1.165) is 12.8 Å². The number of rotatable bonds is 9. The van der Waals surface area contributed by atoms with Crippen LogP contribution in [0.15, 0.2) is 47.4 Å². The summed E-state index contributed by atoms with van der Waals surface area (Å²) >= 11 is 0. The lowest BCUT2D eigenvalue weighted by Gasteiger charge is -2.13. The lowest BCUT2D eigenvalue weighted by atomic mass is 10.1. The molecule has 1 fully saturated rings. The molecule has 0 unspecified atom stereocenters. The van der Waals surface area contributed by atoms with Crippen LogP contribution >= 0.6 is 0 Å². The van der Waals surface area contributed by atoms with Crippen LogP contribution < -0.4 is 19.5 Å². The topological polar surface area (TPSA) is 93.7 Å². The summed E-state index contributed by atoms with van der Waals surface area (Å²) in [4.78, 5) is 12.4. The summed E-state index contributed by atoms with van der Waals surface area (Å²) in [6.45, 7) is -3.06. The monoisotopic (exact) mass is 426 g/mol. The first-order chi connectivity index (χ1) is 13.8. The average Bonchev–Trinajstić information content (AvgIpc) is 3.49. The Hall–Kier alpha value is -2.72. The van der Waals surface area contributed by atoms with Gasteiger partial charge in [-0.25, -0.2) is 13.1 Å². The largest absolute Gasteiger partial charge is 0.495 e. The molecule has 7 nitrogen and oxygen atoms in total. The second-order valence-electron chi connectivity index (χ2n) is 6.43. The van der Waals surface area contributed by atoms with E-state index in [1.54, 1.807) is 12.1 Å². The van der Waals surface area contributed by atoms with Crippen molar-refractivity contribution in [1.82, 2.24) is 10.0 Å². The molecule has 1 aliphatic rings. The second-order valence-corrected chi connectivity index (χ2v) is 8.11. The van der Waals surface area contributed by atoms with Crippen LogP contribution in [0.5, 0.6) is 11.5 Å². The molecule has 1 saturated carbocycles. The number of carbonyl (C=O) groups excluding carboxylic acids is 1. The molecule has 0 bridgehead atoms. The maximum Gasteiger partial charge on any atom is 0.387 e. The molecular formula is C19H20F2N2O5S. The molecule has 0 aliphatic heterocycles. The number of amides is 1. The number of ether oxygens (including phenoxy) is 2. The smallest absolute Gasteiger partial charge is 0.387 e. The van der Waals surface area contributed by atoms with Crippen LogP contribution in [0.4, 0.5) is 8.78 Å². The predicted octanol–water partition coefficient (Wildman–Crippen LogP) is 2.67. The summed E-state index contributed by atoms with van der Waals surface area (Å²) < 4.78 is 62.2. The van der Waals surface area contributed by atoms with Crippen molar-refractivity contribution in [3.8, 4) is 11.5 Å². The molecule has 3 rings (SSSR count). The number of nitrogens with one attached hydrogen (secondary N) is 2. The van der Waals surface area contributed by atoms with Gasteiger partial charge in [0, 0.05) is 23.7 Å². The van der Waals surface area contributed by atoms with Crippen molar-refractivity contribution >= 4 is 15.9 Å². The fourth-order valence-corrected chi connectivity index (χ4v) is 4.15. The average molecular weight is 426 g/mol. The lowest BCUT2D eigenvalue weighted by Crippen LogP contribution is -2.27. The van der Waals surface area contributed by atoms with Gasteiger partial charge in [0.25, 0.3) is 5.91 Å². The van der Waals surface area contributed by atoms with Crippen LogP contribution in [-0.4, -0.2) is 34.1 Å². The molecule has 0 radical (unpaired) electrons. The molecule has 0 atom stereocenters. The maximum absolute atomic E-state index is 12.6. The van der Waals surface area contributed by atoms with Gasteiger partial charge in [0.05, 0.1) is 7.11 Å². The van der Waals surface area contributed by atoms with Crippen LogP contribution in [0.2, 0.25) is 0 Å². The third-order valence-electron chi connectivity index (χ3n) is 4.24. The molecule has 0 spiro atoms. The molecule has 2 aromatic carbocycles. The summed E-state index contributed by atoms with van der Waals surface area (Å²) in [5.74, 6) is -0.498. The zero-order chi connectivity index (χ0) is 21.0. The number of sulfonamides is 1. The fraction of sp³-hybridized carbons (Fsp3) is 0.316. The number of hydrogen-bond acceptors (Lipinski definition) is 5. The van der Waals surface area contributed by atoms with Crippen molar-refractivity contribution in [3.05, 3.63) is 53.6 Å². The normalized spacial score (nSPS) is 13.9. The van der Waals surface area contributed by atoms with E-state index in [2.05, 4.69) is 14.8 Å². The Bertz CT molecular complexity index is 994. The van der Waals surface area contributed by atoms with E-state index in [9.17, 15) is 22.0 Å². The number of alkyl halides is 2. The fourth-order valence-electron chi connectivity index (χ4n) is 2.65. The Morgan fingerprint density at radius 2 is 1.90 bits per heavy atom. The Labute approximate surface area is 167 Å². The molecule has 1 amide bonds. The van der Waals surface area contributed by atoms with Crippen molar-refractivity contribution in [2.45, 2.75) is 36.9 Å². The first kappa shape index (κ1) is 21.0. The third kappa shape index (κ3) is 5.42. The van der Waals surface area contributed by atoms with Crippen LogP contribution in [0.1, 0.15) is 28.8 Å². The van der Waals surface area contributed by atoms with Gasteiger partial charge in [-0.1, -0.05) is 18.2 Å². The lowest BCUT2D eigenvalue weighted by molar-refractivity contribution is -0.0504. The van der Waals surface area contributed by atoms with Gasteiger partial charge in [-0.05, 0) is 37.1 Å². The Kier molecular flexibility index (Phi) is 6.33. The molecule has 0 saturated heterocycles. The van der Waals surface area contributed by atoms with Gasteiger partial charge in [0.15, 0.2) is 0 Å². The van der Waals surface area contributed by atoms with Gasteiger partial charge in [-0.2, -0.15) is 8.78 Å². The van der Waals surface area contributed by atoms with Crippen molar-refractivity contribution in [2.75, 3.05) is 7.11 Å². The van der Waals surface area contributed by atoms with Crippen molar-refractivity contribution in [2.24, 2.45) is 0 Å². The molecular weight excluding hydrogens is 406 g/mol. The predicted molar refractivity (Wildman–Crippen MR) is 101 cm³/mol. The summed E-state index contributed by atoms with van der Waals surface area (Å²) in [5.41, 5.74) is 0.451. The van der Waals surface area contributed by atoms with E-state index < -0.39 is 22.5 Å². The molecule has 0 aromatic heterocycles. The zero-order valence-corrected chi connectivity index (χ0v) is 16.3.